The van der Waals surface area contributed by atoms with E-state index < -0.39 is 11.9 Å². The van der Waals surface area contributed by atoms with Gasteiger partial charge in [-0.05, 0) is 35.9 Å². The zero-order valence-electron chi connectivity index (χ0n) is 12.7. The normalized spacial score (nSPS) is 17.1. The van der Waals surface area contributed by atoms with Gasteiger partial charge in [0.2, 0.25) is 5.91 Å². The molecule has 1 unspecified atom stereocenters. The van der Waals surface area contributed by atoms with Crippen LogP contribution in [0.2, 0.25) is 0 Å². The van der Waals surface area contributed by atoms with Crippen molar-refractivity contribution in [3.8, 4) is 6.07 Å². The van der Waals surface area contributed by atoms with Crippen LogP contribution >= 0.6 is 0 Å². The standard InChI is InChI=1S/C18H14FN3O2/c19-15-6-4-13(5-7-15)16-17(23)21-8-9-22(16)18(24)14-3-1-2-12(10-14)11-20/h1-7,10,16H,8-9H2,(H,21,23). The molecule has 3 rings (SSSR count). The molecule has 0 spiro atoms. The number of hydrogen-bond acceptors (Lipinski definition) is 3. The van der Waals surface area contributed by atoms with Crippen molar-refractivity contribution in [3.63, 3.8) is 0 Å². The van der Waals surface area contributed by atoms with Crippen molar-refractivity contribution in [2.75, 3.05) is 13.1 Å². The molecule has 1 heterocycles. The third-order valence-electron chi connectivity index (χ3n) is 3.90. The van der Waals surface area contributed by atoms with Crippen LogP contribution in [0.1, 0.15) is 27.5 Å². The summed E-state index contributed by atoms with van der Waals surface area (Å²) in [5.41, 5.74) is 1.26. The molecule has 5 nitrogen and oxygen atoms in total. The SMILES string of the molecule is N#Cc1cccc(C(=O)N2CCNC(=O)C2c2ccc(F)cc2)c1. The van der Waals surface area contributed by atoms with Gasteiger partial charge in [0, 0.05) is 18.7 Å². The smallest absolute Gasteiger partial charge is 0.254 e. The van der Waals surface area contributed by atoms with Gasteiger partial charge in [-0.2, -0.15) is 5.26 Å². The average molecular weight is 323 g/mol. The van der Waals surface area contributed by atoms with Crippen molar-refractivity contribution < 1.29 is 14.0 Å². The second-order valence-corrected chi connectivity index (χ2v) is 5.44. The molecule has 0 radical (unpaired) electrons. The lowest BCUT2D eigenvalue weighted by Gasteiger charge is -2.35. The zero-order chi connectivity index (χ0) is 17.1. The number of carbonyl (C=O) groups excluding carboxylic acids is 2. The molecule has 1 saturated heterocycles. The summed E-state index contributed by atoms with van der Waals surface area (Å²) in [6, 6.07) is 13.0. The lowest BCUT2D eigenvalue weighted by Crippen LogP contribution is -2.52. The molecule has 1 aliphatic heterocycles. The summed E-state index contributed by atoms with van der Waals surface area (Å²) < 4.78 is 13.1. The first-order valence-corrected chi connectivity index (χ1v) is 7.44. The Labute approximate surface area is 138 Å². The van der Waals surface area contributed by atoms with Gasteiger partial charge in [0.25, 0.3) is 5.91 Å². The number of halogens is 1. The first kappa shape index (κ1) is 15.7. The summed E-state index contributed by atoms with van der Waals surface area (Å²) >= 11 is 0. The van der Waals surface area contributed by atoms with Crippen LogP contribution < -0.4 is 5.32 Å². The summed E-state index contributed by atoms with van der Waals surface area (Å²) in [5, 5.41) is 11.7. The number of piperazine rings is 1. The lowest BCUT2D eigenvalue weighted by atomic mass is 10.0. The van der Waals surface area contributed by atoms with E-state index in [1.54, 1.807) is 18.2 Å². The van der Waals surface area contributed by atoms with E-state index >= 15 is 0 Å². The Balaban J connectivity index is 1.96. The highest BCUT2D eigenvalue weighted by Gasteiger charge is 2.34. The molecule has 2 aromatic carbocycles. The van der Waals surface area contributed by atoms with Crippen molar-refractivity contribution in [2.24, 2.45) is 0 Å². The van der Waals surface area contributed by atoms with Gasteiger partial charge in [-0.25, -0.2) is 4.39 Å². The van der Waals surface area contributed by atoms with E-state index in [9.17, 15) is 14.0 Å². The predicted molar refractivity (Wildman–Crippen MR) is 84.3 cm³/mol. The highest BCUT2D eigenvalue weighted by atomic mass is 19.1. The number of rotatable bonds is 2. The quantitative estimate of drug-likeness (QED) is 0.919. The molecule has 0 aliphatic carbocycles. The van der Waals surface area contributed by atoms with Crippen molar-refractivity contribution in [3.05, 3.63) is 71.0 Å². The van der Waals surface area contributed by atoms with E-state index in [-0.39, 0.29) is 11.8 Å². The third kappa shape index (κ3) is 2.97. The number of hydrogen-bond donors (Lipinski definition) is 1. The fourth-order valence-corrected chi connectivity index (χ4v) is 2.75. The van der Waals surface area contributed by atoms with Gasteiger partial charge >= 0.3 is 0 Å². The Bertz CT molecular complexity index is 827. The number of nitrogens with zero attached hydrogens (tertiary/aromatic N) is 2. The Hall–Kier alpha value is -3.20. The van der Waals surface area contributed by atoms with Crippen LogP contribution in [0.25, 0.3) is 0 Å². The maximum absolute atomic E-state index is 13.1. The fraction of sp³-hybridized carbons (Fsp3) is 0.167. The molecular weight excluding hydrogens is 309 g/mol. The summed E-state index contributed by atoms with van der Waals surface area (Å²) in [5.74, 6) is -1.05. The first-order chi connectivity index (χ1) is 11.6. The maximum atomic E-state index is 13.1. The number of carbonyl (C=O) groups is 2. The van der Waals surface area contributed by atoms with Gasteiger partial charge in [0.05, 0.1) is 11.6 Å². The Kier molecular flexibility index (Phi) is 4.25. The predicted octanol–water partition coefficient (Wildman–Crippen LogP) is 2.01. The lowest BCUT2D eigenvalue weighted by molar-refractivity contribution is -0.128. The highest BCUT2D eigenvalue weighted by Crippen LogP contribution is 2.25. The molecule has 2 aromatic rings. The van der Waals surface area contributed by atoms with Crippen molar-refractivity contribution in [1.82, 2.24) is 10.2 Å². The van der Waals surface area contributed by atoms with Gasteiger partial charge in [-0.15, -0.1) is 0 Å². The van der Waals surface area contributed by atoms with Crippen LogP contribution in [0.4, 0.5) is 4.39 Å². The minimum Gasteiger partial charge on any atom is -0.352 e. The summed E-state index contributed by atoms with van der Waals surface area (Å²) in [7, 11) is 0. The molecule has 0 bridgehead atoms. The average Bonchev–Trinajstić information content (AvgIpc) is 2.62. The molecule has 24 heavy (non-hydrogen) atoms. The summed E-state index contributed by atoms with van der Waals surface area (Å²) in [4.78, 5) is 26.6. The second kappa shape index (κ2) is 6.50. The van der Waals surface area contributed by atoms with E-state index in [4.69, 9.17) is 5.26 Å². The van der Waals surface area contributed by atoms with E-state index in [1.165, 1.54) is 35.2 Å². The molecule has 6 heteroatoms. The minimum atomic E-state index is -0.822. The van der Waals surface area contributed by atoms with E-state index in [2.05, 4.69) is 5.32 Å². The highest BCUT2D eigenvalue weighted by molar-refractivity contribution is 5.98. The van der Waals surface area contributed by atoms with Gasteiger partial charge in [-0.3, -0.25) is 9.59 Å². The van der Waals surface area contributed by atoms with Crippen LogP contribution in [-0.2, 0) is 4.79 Å². The number of nitrogens with one attached hydrogen (secondary N) is 1. The van der Waals surface area contributed by atoms with Gasteiger partial charge in [0.1, 0.15) is 11.9 Å². The first-order valence-electron chi connectivity index (χ1n) is 7.44. The van der Waals surface area contributed by atoms with Crippen LogP contribution in [-0.4, -0.2) is 29.8 Å². The molecule has 0 aromatic heterocycles. The number of nitriles is 1. The van der Waals surface area contributed by atoms with Crippen molar-refractivity contribution in [2.45, 2.75) is 6.04 Å². The molecule has 1 fully saturated rings. The zero-order valence-corrected chi connectivity index (χ0v) is 12.7. The minimum absolute atomic E-state index is 0.308. The molecular formula is C18H14FN3O2. The monoisotopic (exact) mass is 323 g/mol. The van der Waals surface area contributed by atoms with Crippen LogP contribution in [0.15, 0.2) is 48.5 Å². The molecule has 0 saturated carbocycles. The van der Waals surface area contributed by atoms with Gasteiger partial charge in [-0.1, -0.05) is 18.2 Å². The maximum Gasteiger partial charge on any atom is 0.254 e. The number of benzene rings is 2. The van der Waals surface area contributed by atoms with Crippen LogP contribution in [0.3, 0.4) is 0 Å². The van der Waals surface area contributed by atoms with E-state index in [0.29, 0.717) is 29.8 Å². The molecule has 1 aliphatic rings. The molecule has 2 amide bonds. The largest absolute Gasteiger partial charge is 0.352 e. The van der Waals surface area contributed by atoms with Gasteiger partial charge in [0.15, 0.2) is 0 Å². The Morgan fingerprint density at radius 2 is 2.00 bits per heavy atom. The van der Waals surface area contributed by atoms with Crippen molar-refractivity contribution in [1.29, 1.82) is 5.26 Å². The van der Waals surface area contributed by atoms with Crippen LogP contribution in [0, 0.1) is 17.1 Å². The summed E-state index contributed by atoms with van der Waals surface area (Å²) in [6.07, 6.45) is 0. The second-order valence-electron chi connectivity index (χ2n) is 5.44. The molecule has 120 valence electrons. The topological polar surface area (TPSA) is 73.2 Å². The number of amides is 2. The van der Waals surface area contributed by atoms with Gasteiger partial charge < -0.3 is 10.2 Å². The Morgan fingerprint density at radius 3 is 2.71 bits per heavy atom. The van der Waals surface area contributed by atoms with E-state index in [0.717, 1.165) is 0 Å². The van der Waals surface area contributed by atoms with Crippen molar-refractivity contribution >= 4 is 11.8 Å². The summed E-state index contributed by atoms with van der Waals surface area (Å²) in [6.45, 7) is 0.684. The Morgan fingerprint density at radius 1 is 1.25 bits per heavy atom. The fourth-order valence-electron chi connectivity index (χ4n) is 2.75. The molecule has 1 atom stereocenters. The van der Waals surface area contributed by atoms with E-state index in [1.807, 2.05) is 6.07 Å². The van der Waals surface area contributed by atoms with Crippen LogP contribution in [0.5, 0.6) is 0 Å². The molecule has 1 N–H and O–H groups in total. The third-order valence-corrected chi connectivity index (χ3v) is 3.90.